The zero-order valence-corrected chi connectivity index (χ0v) is 48.9. The van der Waals surface area contributed by atoms with Gasteiger partial charge in [-0.15, -0.1) is 0 Å². The summed E-state index contributed by atoms with van der Waals surface area (Å²) in [4.78, 5) is 42.7. The first kappa shape index (κ1) is 63.1. The number of piperidine rings is 2. The molecule has 430 valence electrons. The highest BCUT2D eigenvalue weighted by Gasteiger charge is 2.47. The number of aromatic carboxylic acids is 1. The summed E-state index contributed by atoms with van der Waals surface area (Å²) in [5, 5.41) is 15.0. The molecule has 19 heteroatoms. The first-order valence-corrected chi connectivity index (χ1v) is 30.3. The van der Waals surface area contributed by atoms with Crippen LogP contribution in [0.25, 0.3) is 0 Å². The third-order valence-electron chi connectivity index (χ3n) is 14.5. The van der Waals surface area contributed by atoms with Gasteiger partial charge in [0.15, 0.2) is 9.84 Å². The number of carbonyl (C=O) groups is 3. The van der Waals surface area contributed by atoms with Crippen LogP contribution in [0, 0.1) is 22.7 Å². The van der Waals surface area contributed by atoms with Gasteiger partial charge in [0.1, 0.15) is 17.1 Å². The Balaban J connectivity index is 0.000000226. The second-order valence-electron chi connectivity index (χ2n) is 23.0. The van der Waals surface area contributed by atoms with Crippen LogP contribution < -0.4 is 35.6 Å². The third-order valence-corrected chi connectivity index (χ3v) is 17.5. The molecule has 6 fully saturated rings. The molecule has 5 atom stereocenters. The summed E-state index contributed by atoms with van der Waals surface area (Å²) in [6, 6.07) is 30.9. The number of hydrogen-bond acceptors (Lipinski definition) is 13. The normalized spacial score (nSPS) is 20.5. The summed E-state index contributed by atoms with van der Waals surface area (Å²) >= 11 is 0. The number of amides is 2. The van der Waals surface area contributed by atoms with Crippen molar-refractivity contribution in [2.45, 2.75) is 104 Å². The minimum atomic E-state index is -3.23. The molecule has 0 aromatic heterocycles. The molecule has 17 nitrogen and oxygen atoms in total. The number of carbonyl (C=O) groups excluding carboxylic acids is 2. The van der Waals surface area contributed by atoms with E-state index in [0.29, 0.717) is 53.2 Å². The van der Waals surface area contributed by atoms with Gasteiger partial charge in [0.2, 0.25) is 0 Å². The van der Waals surface area contributed by atoms with E-state index in [1.165, 1.54) is 30.8 Å². The maximum Gasteiger partial charge on any atom is 0.407 e. The molecule has 4 aromatic rings. The molecule has 6 aliphatic heterocycles. The average Bonchev–Trinajstić information content (AvgIpc) is 3.81. The molecule has 10 rings (SSSR count). The van der Waals surface area contributed by atoms with Gasteiger partial charge in [0.25, 0.3) is 5.91 Å². The van der Waals surface area contributed by atoms with E-state index in [1.807, 2.05) is 30.9 Å². The van der Waals surface area contributed by atoms with Gasteiger partial charge in [-0.05, 0) is 161 Å². The number of rotatable bonds is 17. The molecule has 1 unspecified atom stereocenters. The van der Waals surface area contributed by atoms with E-state index < -0.39 is 38.3 Å². The van der Waals surface area contributed by atoms with E-state index in [0.717, 1.165) is 67.9 Å². The highest BCUT2D eigenvalue weighted by atomic mass is 32.2. The Kier molecular flexibility index (Phi) is 22.6. The van der Waals surface area contributed by atoms with Gasteiger partial charge in [0.05, 0.1) is 36.3 Å². The van der Waals surface area contributed by atoms with E-state index in [4.69, 9.17) is 25.1 Å². The zero-order chi connectivity index (χ0) is 56.1. The number of sulfone groups is 1. The lowest BCUT2D eigenvalue weighted by Gasteiger charge is -2.48. The molecule has 0 saturated carbocycles. The van der Waals surface area contributed by atoms with Crippen LogP contribution >= 0.6 is 0 Å². The SMILES string of the molecule is CC(C)(C)OC(=O)NCCS(=O)Cc1ccc(C(=O)O)cc1.CCOc1ccc(N2C[C@H]3CN(C(=O)c4ccc(CS(=O)(=O)CCN)cc4)C[C@@H]2C(C)(C)C3)cc1.CCOc1ccc(N2C[C@H]3CNC[C@@H]2C(C)(C)C3)cc1.O. The van der Waals surface area contributed by atoms with Gasteiger partial charge < -0.3 is 55.9 Å². The number of benzene rings is 4. The standard InChI is InChI=1S/C27H37N3O4S.C17H26N2O.C15H21NO5S.H2O/c1-4-34-24-11-9-23(10-12-24)30-17-21-15-27(2,3)25(30)18-29(16-21)26(31)22-7-5-20(6-8-22)19-35(32,33)14-13-28;1-4-20-15-7-5-14(6-8-15)19-12-13-9-17(2,3)16(19)11-18-10-13;1-15(2,3)21-14(19)16-8-9-22(20)10-11-4-6-12(7-5-11)13(17)18;/h5-12,21,25H,4,13-19,28H2,1-3H3;5-8,13,16,18H,4,9-12H2,1-3H3;4-7H,8-10H2,1-3H3,(H,16,19)(H,17,18);1H2/t21-,25-;13-,16-;;/m11../s1. The number of carboxylic acid groups (broad SMARTS) is 1. The molecule has 0 aliphatic carbocycles. The van der Waals surface area contributed by atoms with Gasteiger partial charge in [-0.25, -0.2) is 18.0 Å². The van der Waals surface area contributed by atoms with Crippen LogP contribution in [-0.2, 0) is 36.9 Å². The highest BCUT2D eigenvalue weighted by Crippen LogP contribution is 2.44. The van der Waals surface area contributed by atoms with Gasteiger partial charge >= 0.3 is 12.1 Å². The topological polar surface area (TPSA) is 242 Å². The quantitative estimate of drug-likeness (QED) is 0.0797. The summed E-state index contributed by atoms with van der Waals surface area (Å²) in [5.74, 6) is 2.51. The van der Waals surface area contributed by atoms with Crippen molar-refractivity contribution in [2.75, 3.05) is 86.9 Å². The summed E-state index contributed by atoms with van der Waals surface area (Å²) in [6.07, 6.45) is 1.88. The van der Waals surface area contributed by atoms with Crippen molar-refractivity contribution in [1.82, 2.24) is 15.5 Å². The van der Waals surface area contributed by atoms with E-state index in [-0.39, 0.29) is 53.0 Å². The fraction of sp³-hybridized carbons (Fsp3) is 0.542. The number of nitrogens with two attached hydrogens (primary N) is 1. The monoisotopic (exact) mass is 1120 g/mol. The molecule has 7 N–H and O–H groups in total. The van der Waals surface area contributed by atoms with Crippen molar-refractivity contribution in [1.29, 1.82) is 0 Å². The van der Waals surface area contributed by atoms with E-state index in [1.54, 1.807) is 57.2 Å². The number of carboxylic acids is 1. The van der Waals surface area contributed by atoms with Crippen LogP contribution in [-0.4, -0.2) is 141 Å². The Hall–Kier alpha value is -5.73. The van der Waals surface area contributed by atoms with Crippen molar-refractivity contribution in [3.8, 4) is 11.5 Å². The third kappa shape index (κ3) is 18.2. The molecule has 6 saturated heterocycles. The maximum absolute atomic E-state index is 13.5. The van der Waals surface area contributed by atoms with E-state index >= 15 is 0 Å². The fourth-order valence-corrected chi connectivity index (χ4v) is 13.3. The lowest BCUT2D eigenvalue weighted by Crippen LogP contribution is -2.54. The number of nitrogens with zero attached hydrogens (tertiary/aromatic N) is 3. The van der Waals surface area contributed by atoms with Crippen LogP contribution in [0.1, 0.15) is 107 Å². The number of ether oxygens (including phenoxy) is 3. The molecule has 6 heterocycles. The summed E-state index contributed by atoms with van der Waals surface area (Å²) < 4.78 is 52.3. The van der Waals surface area contributed by atoms with Gasteiger partial charge in [-0.2, -0.15) is 0 Å². The predicted octanol–water partition coefficient (Wildman–Crippen LogP) is 7.58. The van der Waals surface area contributed by atoms with Crippen LogP contribution in [0.3, 0.4) is 0 Å². The second-order valence-corrected chi connectivity index (χ2v) is 26.7. The van der Waals surface area contributed by atoms with E-state index in [9.17, 15) is 27.0 Å². The number of fused-ring (bicyclic) bond motifs is 8. The molecule has 4 aromatic carbocycles. The summed E-state index contributed by atoms with van der Waals surface area (Å²) in [6.45, 7) is 26.2. The number of hydrogen-bond donors (Lipinski definition) is 4. The highest BCUT2D eigenvalue weighted by molar-refractivity contribution is 7.90. The molecule has 6 aliphatic rings. The number of alkyl carbamates (subject to hydrolysis) is 1. The van der Waals surface area contributed by atoms with Crippen molar-refractivity contribution in [3.63, 3.8) is 0 Å². The van der Waals surface area contributed by atoms with Crippen molar-refractivity contribution in [2.24, 2.45) is 28.4 Å². The zero-order valence-electron chi connectivity index (χ0n) is 47.2. The summed E-state index contributed by atoms with van der Waals surface area (Å²) in [5.41, 5.74) is 10.0. The second kappa shape index (κ2) is 27.9. The Morgan fingerprint density at radius 2 is 1.24 bits per heavy atom. The lowest BCUT2D eigenvalue weighted by molar-refractivity contribution is 0.0530. The molecule has 4 bridgehead atoms. The molecule has 0 radical (unpaired) electrons. The number of anilines is 2. The molecule has 78 heavy (non-hydrogen) atoms. The Morgan fingerprint density at radius 1 is 0.731 bits per heavy atom. The first-order chi connectivity index (χ1) is 36.4. The van der Waals surface area contributed by atoms with E-state index in [2.05, 4.69) is 84.5 Å². The minimum absolute atomic E-state index is 0. The van der Waals surface area contributed by atoms with Crippen molar-refractivity contribution < 1.29 is 51.8 Å². The van der Waals surface area contributed by atoms with Crippen LogP contribution in [0.5, 0.6) is 11.5 Å². The molecular weight excluding hydrogens is 1030 g/mol. The lowest BCUT2D eigenvalue weighted by atomic mass is 9.73. The van der Waals surface area contributed by atoms with Gasteiger partial charge in [0, 0.05) is 91.1 Å². The van der Waals surface area contributed by atoms with Gasteiger partial charge in [-0.3, -0.25) is 9.00 Å². The van der Waals surface area contributed by atoms with Crippen molar-refractivity contribution in [3.05, 3.63) is 119 Å². The maximum atomic E-state index is 13.5. The van der Waals surface area contributed by atoms with Crippen LogP contribution in [0.4, 0.5) is 16.2 Å². The summed E-state index contributed by atoms with van der Waals surface area (Å²) in [7, 11) is -4.38. The Morgan fingerprint density at radius 3 is 1.78 bits per heavy atom. The minimum Gasteiger partial charge on any atom is -0.494 e. The van der Waals surface area contributed by atoms with Crippen molar-refractivity contribution >= 4 is 50.0 Å². The van der Waals surface area contributed by atoms with Crippen LogP contribution in [0.15, 0.2) is 97.1 Å². The predicted molar refractivity (Wildman–Crippen MR) is 311 cm³/mol. The largest absolute Gasteiger partial charge is 0.494 e. The van der Waals surface area contributed by atoms with Crippen LogP contribution in [0.2, 0.25) is 0 Å². The van der Waals surface area contributed by atoms with Gasteiger partial charge in [-0.1, -0.05) is 52.0 Å². The number of nitrogens with one attached hydrogen (secondary N) is 2. The molecule has 0 spiro atoms. The smallest absolute Gasteiger partial charge is 0.407 e. The first-order valence-electron chi connectivity index (χ1n) is 27.0. The Bertz CT molecular complexity index is 2700. The average molecular weight is 1120 g/mol. The fourth-order valence-electron chi connectivity index (χ4n) is 11.1. The molecular formula is C59H86N6O11S2. The Labute approximate surface area is 465 Å². The molecule has 2 amide bonds.